The molecule has 0 spiro atoms. The minimum absolute atomic E-state index is 0.658. The molecule has 0 fully saturated rings. The standard InChI is InChI=1S/C7H5ClOS/c8-10-7-3-1-2-6(4-7)5-9/h1-5H. The summed E-state index contributed by atoms with van der Waals surface area (Å²) in [7, 11) is 6.57. The molecule has 0 radical (unpaired) electrons. The van der Waals surface area contributed by atoms with Crippen LogP contribution >= 0.6 is 21.7 Å². The van der Waals surface area contributed by atoms with Crippen LogP contribution in [0.4, 0.5) is 0 Å². The van der Waals surface area contributed by atoms with Gasteiger partial charge in [-0.2, -0.15) is 0 Å². The molecule has 1 aromatic carbocycles. The largest absolute Gasteiger partial charge is 0.298 e. The maximum atomic E-state index is 10.2. The number of hydrogen-bond acceptors (Lipinski definition) is 2. The van der Waals surface area contributed by atoms with Crippen LogP contribution in [0.15, 0.2) is 29.2 Å². The van der Waals surface area contributed by atoms with Gasteiger partial charge in [0.1, 0.15) is 6.29 Å². The first-order valence-electron chi connectivity index (χ1n) is 2.70. The van der Waals surface area contributed by atoms with Gasteiger partial charge in [0, 0.05) is 10.5 Å². The number of benzene rings is 1. The number of rotatable bonds is 2. The number of aldehydes is 1. The van der Waals surface area contributed by atoms with Gasteiger partial charge in [-0.25, -0.2) is 0 Å². The topological polar surface area (TPSA) is 17.1 Å². The number of hydrogen-bond donors (Lipinski definition) is 0. The molecule has 0 bridgehead atoms. The third-order valence-corrected chi connectivity index (χ3v) is 2.05. The average Bonchev–Trinajstić information content (AvgIpc) is 2.05. The highest BCUT2D eigenvalue weighted by molar-refractivity contribution is 8.21. The summed E-state index contributed by atoms with van der Waals surface area (Å²) in [5.74, 6) is 0. The van der Waals surface area contributed by atoms with E-state index in [1.807, 2.05) is 6.07 Å². The van der Waals surface area contributed by atoms with Crippen LogP contribution in [0.1, 0.15) is 10.4 Å². The Kier molecular flexibility index (Phi) is 2.78. The second-order valence-corrected chi connectivity index (χ2v) is 2.86. The van der Waals surface area contributed by atoms with Crippen molar-refractivity contribution in [1.29, 1.82) is 0 Å². The third-order valence-electron chi connectivity index (χ3n) is 1.08. The van der Waals surface area contributed by atoms with Gasteiger partial charge in [0.05, 0.1) is 0 Å². The van der Waals surface area contributed by atoms with Crippen LogP contribution < -0.4 is 0 Å². The molecule has 0 aliphatic carbocycles. The summed E-state index contributed by atoms with van der Waals surface area (Å²) in [6, 6.07) is 7.13. The van der Waals surface area contributed by atoms with E-state index >= 15 is 0 Å². The van der Waals surface area contributed by atoms with E-state index in [1.54, 1.807) is 18.2 Å². The number of carbonyl (C=O) groups excluding carboxylic acids is 1. The van der Waals surface area contributed by atoms with Crippen molar-refractivity contribution in [3.63, 3.8) is 0 Å². The lowest BCUT2D eigenvalue weighted by atomic mass is 10.2. The van der Waals surface area contributed by atoms with Gasteiger partial charge in [0.15, 0.2) is 0 Å². The van der Waals surface area contributed by atoms with Crippen LogP contribution in [0.3, 0.4) is 0 Å². The van der Waals surface area contributed by atoms with E-state index in [4.69, 9.17) is 10.7 Å². The molecular weight excluding hydrogens is 168 g/mol. The fraction of sp³-hybridized carbons (Fsp3) is 0. The molecule has 1 rings (SSSR count). The smallest absolute Gasteiger partial charge is 0.150 e. The fourth-order valence-electron chi connectivity index (χ4n) is 0.636. The summed E-state index contributed by atoms with van der Waals surface area (Å²) in [6.07, 6.45) is 0.802. The highest BCUT2D eigenvalue weighted by atomic mass is 35.7. The first-order chi connectivity index (χ1) is 4.86. The molecule has 0 unspecified atom stereocenters. The molecule has 10 heavy (non-hydrogen) atoms. The number of halogens is 1. The number of carbonyl (C=O) groups is 1. The second-order valence-electron chi connectivity index (χ2n) is 1.77. The lowest BCUT2D eigenvalue weighted by Crippen LogP contribution is -1.77. The van der Waals surface area contributed by atoms with E-state index in [0.29, 0.717) is 5.56 Å². The highest BCUT2D eigenvalue weighted by Crippen LogP contribution is 2.21. The minimum Gasteiger partial charge on any atom is -0.298 e. The van der Waals surface area contributed by atoms with Gasteiger partial charge in [-0.05, 0) is 33.8 Å². The van der Waals surface area contributed by atoms with Crippen molar-refractivity contribution in [2.45, 2.75) is 4.90 Å². The molecule has 0 saturated heterocycles. The Labute approximate surface area is 67.9 Å². The monoisotopic (exact) mass is 172 g/mol. The zero-order valence-electron chi connectivity index (χ0n) is 5.08. The second kappa shape index (κ2) is 3.64. The van der Waals surface area contributed by atoms with Crippen molar-refractivity contribution in [2.75, 3.05) is 0 Å². The summed E-state index contributed by atoms with van der Waals surface area (Å²) >= 11 is 0. The Morgan fingerprint density at radius 3 is 2.90 bits per heavy atom. The predicted molar refractivity (Wildman–Crippen MR) is 43.5 cm³/mol. The van der Waals surface area contributed by atoms with Gasteiger partial charge >= 0.3 is 0 Å². The van der Waals surface area contributed by atoms with Crippen LogP contribution in [-0.4, -0.2) is 6.29 Å². The minimum atomic E-state index is 0.658. The molecule has 0 atom stereocenters. The Morgan fingerprint density at radius 1 is 1.50 bits per heavy atom. The van der Waals surface area contributed by atoms with Gasteiger partial charge in [-0.3, -0.25) is 4.79 Å². The molecule has 0 saturated carbocycles. The van der Waals surface area contributed by atoms with Gasteiger partial charge in [-0.1, -0.05) is 12.1 Å². The van der Waals surface area contributed by atoms with Gasteiger partial charge in [-0.15, -0.1) is 0 Å². The van der Waals surface area contributed by atoms with Crippen molar-refractivity contribution >= 4 is 27.9 Å². The lowest BCUT2D eigenvalue weighted by Gasteiger charge is -1.92. The van der Waals surface area contributed by atoms with Gasteiger partial charge < -0.3 is 0 Å². The van der Waals surface area contributed by atoms with Crippen molar-refractivity contribution in [2.24, 2.45) is 0 Å². The Balaban J connectivity index is 2.98. The molecule has 52 valence electrons. The highest BCUT2D eigenvalue weighted by Gasteiger charge is 1.91. The Hall–Kier alpha value is -0.470. The zero-order valence-corrected chi connectivity index (χ0v) is 6.65. The van der Waals surface area contributed by atoms with Crippen LogP contribution in [0, 0.1) is 0 Å². The molecule has 0 aliphatic heterocycles. The van der Waals surface area contributed by atoms with Crippen molar-refractivity contribution in [3.8, 4) is 0 Å². The molecule has 0 amide bonds. The third kappa shape index (κ3) is 1.75. The summed E-state index contributed by atoms with van der Waals surface area (Å²) < 4.78 is 0. The van der Waals surface area contributed by atoms with Gasteiger partial charge in [0.25, 0.3) is 0 Å². The predicted octanol–water partition coefficient (Wildman–Crippen LogP) is 2.75. The van der Waals surface area contributed by atoms with E-state index in [2.05, 4.69) is 0 Å². The van der Waals surface area contributed by atoms with Crippen molar-refractivity contribution in [1.82, 2.24) is 0 Å². The van der Waals surface area contributed by atoms with Crippen LogP contribution in [0.5, 0.6) is 0 Å². The Morgan fingerprint density at radius 2 is 2.30 bits per heavy atom. The van der Waals surface area contributed by atoms with E-state index < -0.39 is 0 Å². The van der Waals surface area contributed by atoms with Crippen LogP contribution in [0.25, 0.3) is 0 Å². The van der Waals surface area contributed by atoms with E-state index in [1.165, 1.54) is 0 Å². The zero-order chi connectivity index (χ0) is 7.40. The molecule has 0 aliphatic rings. The summed E-state index contributed by atoms with van der Waals surface area (Å²) in [5.41, 5.74) is 0.658. The maximum Gasteiger partial charge on any atom is 0.150 e. The van der Waals surface area contributed by atoms with Crippen LogP contribution in [-0.2, 0) is 0 Å². The SMILES string of the molecule is O=Cc1cccc(SCl)c1. The summed E-state index contributed by atoms with van der Waals surface area (Å²) in [4.78, 5) is 11.1. The Bertz CT molecular complexity index is 237. The maximum absolute atomic E-state index is 10.2. The molecule has 0 heterocycles. The van der Waals surface area contributed by atoms with E-state index in [0.717, 1.165) is 22.2 Å². The quantitative estimate of drug-likeness (QED) is 0.639. The van der Waals surface area contributed by atoms with Crippen molar-refractivity contribution in [3.05, 3.63) is 29.8 Å². The molecular formula is C7H5ClOS. The lowest BCUT2D eigenvalue weighted by molar-refractivity contribution is 0.112. The van der Waals surface area contributed by atoms with Crippen LogP contribution in [0.2, 0.25) is 0 Å². The molecule has 0 aromatic heterocycles. The summed E-state index contributed by atoms with van der Waals surface area (Å²) in [5, 5.41) is 0. The first-order valence-corrected chi connectivity index (χ1v) is 4.35. The van der Waals surface area contributed by atoms with Crippen molar-refractivity contribution < 1.29 is 4.79 Å². The first kappa shape index (κ1) is 7.63. The normalized spacial score (nSPS) is 9.30. The summed E-state index contributed by atoms with van der Waals surface area (Å²) in [6.45, 7) is 0. The molecule has 0 N–H and O–H groups in total. The average molecular weight is 173 g/mol. The molecule has 1 nitrogen and oxygen atoms in total. The molecule has 1 aromatic rings. The molecule has 3 heteroatoms. The van der Waals surface area contributed by atoms with Gasteiger partial charge in [0.2, 0.25) is 0 Å². The van der Waals surface area contributed by atoms with E-state index in [-0.39, 0.29) is 0 Å². The van der Waals surface area contributed by atoms with E-state index in [9.17, 15) is 4.79 Å². The fourth-order valence-corrected chi connectivity index (χ4v) is 1.23.